The molecule has 0 heterocycles. The first-order chi connectivity index (χ1) is 13.8. The maximum Gasteiger partial charge on any atom is 0.387 e. The minimum absolute atomic E-state index is 0.0759. The Labute approximate surface area is 167 Å². The summed E-state index contributed by atoms with van der Waals surface area (Å²) in [5.74, 6) is 0.0759. The number of nitrogens with zero attached hydrogens (tertiary/aromatic N) is 1. The minimum Gasteiger partial charge on any atom is -0.435 e. The Morgan fingerprint density at radius 2 is 1.66 bits per heavy atom. The molecule has 3 aromatic rings. The number of hydrogen-bond donors (Lipinski definition) is 1. The van der Waals surface area contributed by atoms with Crippen LogP contribution in [0.5, 0.6) is 5.75 Å². The lowest BCUT2D eigenvalue weighted by Crippen LogP contribution is -2.18. The first-order valence-electron chi connectivity index (χ1n) is 8.60. The van der Waals surface area contributed by atoms with E-state index >= 15 is 0 Å². The fraction of sp³-hybridized carbons (Fsp3) is 0.0952. The number of sulfonamides is 1. The summed E-state index contributed by atoms with van der Waals surface area (Å²) < 4.78 is 53.3. The summed E-state index contributed by atoms with van der Waals surface area (Å²) in [5.41, 5.74) is 3.24. The highest BCUT2D eigenvalue weighted by molar-refractivity contribution is 7.89. The molecule has 0 radical (unpaired) electrons. The topological polar surface area (TPSA) is 67.8 Å². The molecule has 0 amide bonds. The maximum atomic E-state index is 12.2. The van der Waals surface area contributed by atoms with E-state index in [1.807, 2.05) is 13.0 Å². The third-order valence-electron chi connectivity index (χ3n) is 4.02. The normalized spacial score (nSPS) is 11.7. The molecule has 0 aliphatic heterocycles. The first-order valence-corrected chi connectivity index (χ1v) is 10.1. The van der Waals surface area contributed by atoms with E-state index in [-0.39, 0.29) is 10.6 Å². The lowest BCUT2D eigenvalue weighted by Gasteiger charge is -2.07. The number of benzene rings is 3. The van der Waals surface area contributed by atoms with Gasteiger partial charge in [0.05, 0.1) is 11.1 Å². The molecule has 0 bridgehead atoms. The van der Waals surface area contributed by atoms with E-state index < -0.39 is 16.6 Å². The zero-order chi connectivity index (χ0) is 20.9. The van der Waals surface area contributed by atoms with Crippen molar-refractivity contribution in [3.8, 4) is 16.9 Å². The summed E-state index contributed by atoms with van der Waals surface area (Å²) in [6.07, 6.45) is 1.39. The Balaban J connectivity index is 1.71. The Kier molecular flexibility index (Phi) is 6.23. The van der Waals surface area contributed by atoms with Crippen molar-refractivity contribution in [2.24, 2.45) is 5.10 Å². The zero-order valence-electron chi connectivity index (χ0n) is 15.4. The van der Waals surface area contributed by atoms with Crippen molar-refractivity contribution in [3.05, 3.63) is 83.9 Å². The maximum absolute atomic E-state index is 12.2. The summed E-state index contributed by atoms with van der Waals surface area (Å²) in [4.78, 5) is 2.31. The molecule has 0 fully saturated rings. The smallest absolute Gasteiger partial charge is 0.387 e. The number of nitrogens with one attached hydrogen (secondary N) is 1. The lowest BCUT2D eigenvalue weighted by molar-refractivity contribution is -0.0498. The van der Waals surface area contributed by atoms with Crippen molar-refractivity contribution in [2.45, 2.75) is 18.4 Å². The summed E-state index contributed by atoms with van der Waals surface area (Å²) in [7, 11) is -3.75. The molecule has 0 saturated carbocycles. The van der Waals surface area contributed by atoms with Gasteiger partial charge in [0, 0.05) is 0 Å². The van der Waals surface area contributed by atoms with Gasteiger partial charge in [-0.05, 0) is 53.9 Å². The number of alkyl halides is 2. The van der Waals surface area contributed by atoms with Gasteiger partial charge in [-0.25, -0.2) is 4.83 Å². The van der Waals surface area contributed by atoms with Crippen LogP contribution in [0.25, 0.3) is 11.1 Å². The van der Waals surface area contributed by atoms with Gasteiger partial charge < -0.3 is 4.74 Å². The SMILES string of the molecule is Cc1ccc(S(=O)(=O)N/N=C/c2cccc(-c3ccc(OC(F)F)cc3)c2)cc1. The molecule has 3 aromatic carbocycles. The summed E-state index contributed by atoms with van der Waals surface area (Å²) in [5, 5.41) is 3.83. The highest BCUT2D eigenvalue weighted by atomic mass is 32.2. The van der Waals surface area contributed by atoms with Crippen molar-refractivity contribution in [2.75, 3.05) is 0 Å². The van der Waals surface area contributed by atoms with Crippen LogP contribution in [0.15, 0.2) is 82.8 Å². The van der Waals surface area contributed by atoms with Crippen molar-refractivity contribution in [3.63, 3.8) is 0 Å². The van der Waals surface area contributed by atoms with E-state index in [0.29, 0.717) is 5.56 Å². The van der Waals surface area contributed by atoms with Crippen LogP contribution in [0.1, 0.15) is 11.1 Å². The number of halogens is 2. The second kappa shape index (κ2) is 8.83. The fourth-order valence-electron chi connectivity index (χ4n) is 2.57. The van der Waals surface area contributed by atoms with Crippen LogP contribution in [-0.2, 0) is 10.0 Å². The minimum atomic E-state index is -3.75. The molecule has 0 aliphatic carbocycles. The van der Waals surface area contributed by atoms with Gasteiger partial charge in [-0.15, -0.1) is 0 Å². The van der Waals surface area contributed by atoms with Gasteiger partial charge in [0.15, 0.2) is 0 Å². The molecule has 0 atom stereocenters. The van der Waals surface area contributed by atoms with Crippen molar-refractivity contribution in [1.29, 1.82) is 0 Å². The highest BCUT2D eigenvalue weighted by Gasteiger charge is 2.11. The fourth-order valence-corrected chi connectivity index (χ4v) is 3.36. The summed E-state index contributed by atoms with van der Waals surface area (Å²) in [6, 6.07) is 19.9. The first kappa shape index (κ1) is 20.5. The Morgan fingerprint density at radius 1 is 0.966 bits per heavy atom. The average molecular weight is 416 g/mol. The van der Waals surface area contributed by atoms with E-state index in [2.05, 4.69) is 14.7 Å². The van der Waals surface area contributed by atoms with E-state index in [4.69, 9.17) is 0 Å². The predicted molar refractivity (Wildman–Crippen MR) is 108 cm³/mol. The van der Waals surface area contributed by atoms with Crippen molar-refractivity contribution >= 4 is 16.2 Å². The van der Waals surface area contributed by atoms with Crippen LogP contribution in [0.3, 0.4) is 0 Å². The largest absolute Gasteiger partial charge is 0.435 e. The molecule has 0 saturated heterocycles. The molecule has 8 heteroatoms. The highest BCUT2D eigenvalue weighted by Crippen LogP contribution is 2.23. The average Bonchev–Trinajstić information content (AvgIpc) is 2.68. The van der Waals surface area contributed by atoms with Crippen LogP contribution < -0.4 is 9.57 Å². The Morgan fingerprint density at radius 3 is 2.31 bits per heavy atom. The monoisotopic (exact) mass is 416 g/mol. The zero-order valence-corrected chi connectivity index (χ0v) is 16.2. The van der Waals surface area contributed by atoms with Gasteiger partial charge in [0.25, 0.3) is 10.0 Å². The molecule has 0 aromatic heterocycles. The van der Waals surface area contributed by atoms with Gasteiger partial charge in [0.2, 0.25) is 0 Å². The van der Waals surface area contributed by atoms with Crippen LogP contribution >= 0.6 is 0 Å². The summed E-state index contributed by atoms with van der Waals surface area (Å²) in [6.45, 7) is -1.00. The molecule has 0 unspecified atom stereocenters. The van der Waals surface area contributed by atoms with Crippen LogP contribution in [0.4, 0.5) is 8.78 Å². The second-order valence-electron chi connectivity index (χ2n) is 6.19. The molecule has 1 N–H and O–H groups in total. The molecule has 5 nitrogen and oxygen atoms in total. The van der Waals surface area contributed by atoms with Crippen LogP contribution in [0, 0.1) is 6.92 Å². The third-order valence-corrected chi connectivity index (χ3v) is 5.26. The molecule has 0 aliphatic rings. The van der Waals surface area contributed by atoms with Crippen molar-refractivity contribution < 1.29 is 21.9 Å². The second-order valence-corrected chi connectivity index (χ2v) is 7.86. The number of aryl methyl sites for hydroxylation is 1. The van der Waals surface area contributed by atoms with Crippen LogP contribution in [0.2, 0.25) is 0 Å². The Bertz CT molecular complexity index is 1100. The van der Waals surface area contributed by atoms with Gasteiger partial charge >= 0.3 is 6.61 Å². The van der Waals surface area contributed by atoms with E-state index in [1.165, 1.54) is 30.5 Å². The molecule has 150 valence electrons. The van der Waals surface area contributed by atoms with E-state index in [9.17, 15) is 17.2 Å². The number of rotatable bonds is 7. The molecule has 3 rings (SSSR count). The third kappa shape index (κ3) is 5.61. The van der Waals surface area contributed by atoms with E-state index in [0.717, 1.165) is 16.7 Å². The van der Waals surface area contributed by atoms with Gasteiger partial charge in [-0.3, -0.25) is 0 Å². The van der Waals surface area contributed by atoms with Gasteiger partial charge in [-0.1, -0.05) is 48.0 Å². The molecule has 29 heavy (non-hydrogen) atoms. The predicted octanol–water partition coefficient (Wildman–Crippen LogP) is 4.58. The number of hydrogen-bond acceptors (Lipinski definition) is 4. The van der Waals surface area contributed by atoms with Crippen molar-refractivity contribution in [1.82, 2.24) is 4.83 Å². The summed E-state index contributed by atoms with van der Waals surface area (Å²) >= 11 is 0. The molecule has 0 spiro atoms. The van der Waals surface area contributed by atoms with Gasteiger partial charge in [0.1, 0.15) is 5.75 Å². The molecular weight excluding hydrogens is 398 g/mol. The Hall–Kier alpha value is -3.26. The standard InChI is InChI=1S/C21H18F2N2O3S/c1-15-5-11-20(12-6-15)29(26,27)25-24-14-16-3-2-4-18(13-16)17-7-9-19(10-8-17)28-21(22)23/h2-14,21,25H,1H3/b24-14+. The number of hydrazone groups is 1. The molecular formula is C21H18F2N2O3S. The van der Waals surface area contributed by atoms with E-state index in [1.54, 1.807) is 42.5 Å². The lowest BCUT2D eigenvalue weighted by atomic mass is 10.0. The van der Waals surface area contributed by atoms with Crippen LogP contribution in [-0.4, -0.2) is 21.2 Å². The number of ether oxygens (including phenoxy) is 1. The van der Waals surface area contributed by atoms with Gasteiger partial charge in [-0.2, -0.15) is 22.3 Å². The quantitative estimate of drug-likeness (QED) is 0.453.